The Morgan fingerprint density at radius 3 is 2.78 bits per heavy atom. The summed E-state index contributed by atoms with van der Waals surface area (Å²) in [4.78, 5) is 12.3. The summed E-state index contributed by atoms with van der Waals surface area (Å²) >= 11 is 0. The molecule has 5 nitrogen and oxygen atoms in total. The molecule has 3 N–H and O–H groups in total. The van der Waals surface area contributed by atoms with E-state index in [9.17, 15) is 9.18 Å². The summed E-state index contributed by atoms with van der Waals surface area (Å²) < 4.78 is 24.9. The molecular formula is C20H24ClFN2O3. The highest BCUT2D eigenvalue weighted by Crippen LogP contribution is 2.27. The van der Waals surface area contributed by atoms with Crippen LogP contribution in [-0.2, 0) is 9.53 Å². The Morgan fingerprint density at radius 1 is 1.30 bits per heavy atom. The van der Waals surface area contributed by atoms with Gasteiger partial charge in [0, 0.05) is 25.1 Å². The first kappa shape index (κ1) is 21.2. The van der Waals surface area contributed by atoms with Gasteiger partial charge in [-0.25, -0.2) is 4.39 Å². The van der Waals surface area contributed by atoms with E-state index in [2.05, 4.69) is 5.32 Å². The summed E-state index contributed by atoms with van der Waals surface area (Å²) in [5, 5.41) is 2.70. The number of carbonyl (C=O) groups is 1. The number of nitrogens with two attached hydrogens (primary N) is 1. The molecular weight excluding hydrogens is 371 g/mol. The van der Waals surface area contributed by atoms with E-state index in [0.29, 0.717) is 18.0 Å². The van der Waals surface area contributed by atoms with Crippen molar-refractivity contribution >= 4 is 24.0 Å². The average Bonchev–Trinajstić information content (AvgIpc) is 3.15. The number of carbonyl (C=O) groups excluding carboxylic acids is 1. The van der Waals surface area contributed by atoms with Gasteiger partial charge in [0.05, 0.1) is 11.8 Å². The van der Waals surface area contributed by atoms with E-state index in [0.717, 1.165) is 25.0 Å². The molecule has 1 heterocycles. The first-order valence-electron chi connectivity index (χ1n) is 8.76. The van der Waals surface area contributed by atoms with E-state index in [1.807, 2.05) is 30.3 Å². The molecule has 2 unspecified atom stereocenters. The van der Waals surface area contributed by atoms with Crippen LogP contribution in [0.15, 0.2) is 48.5 Å². The van der Waals surface area contributed by atoms with Crippen molar-refractivity contribution in [3.05, 3.63) is 59.9 Å². The van der Waals surface area contributed by atoms with E-state index in [4.69, 9.17) is 15.2 Å². The lowest BCUT2D eigenvalue weighted by molar-refractivity contribution is -0.116. The van der Waals surface area contributed by atoms with Crippen molar-refractivity contribution in [2.24, 2.45) is 5.73 Å². The molecule has 7 heteroatoms. The molecule has 1 fully saturated rings. The Labute approximate surface area is 164 Å². The molecule has 1 aliphatic heterocycles. The quantitative estimate of drug-likeness (QED) is 0.748. The van der Waals surface area contributed by atoms with Crippen LogP contribution in [0.4, 0.5) is 10.1 Å². The smallest absolute Gasteiger partial charge is 0.226 e. The molecule has 2 aromatic carbocycles. The molecule has 146 valence electrons. The Morgan fingerprint density at radius 2 is 2.07 bits per heavy atom. The predicted molar refractivity (Wildman–Crippen MR) is 105 cm³/mol. The fourth-order valence-electron chi connectivity index (χ4n) is 2.90. The van der Waals surface area contributed by atoms with Crippen LogP contribution >= 0.6 is 12.4 Å². The number of nitrogens with one attached hydrogen (secondary N) is 1. The first-order valence-corrected chi connectivity index (χ1v) is 8.76. The van der Waals surface area contributed by atoms with Gasteiger partial charge in [-0.3, -0.25) is 4.79 Å². The summed E-state index contributed by atoms with van der Waals surface area (Å²) in [6.45, 7) is 1.11. The third-order valence-electron chi connectivity index (χ3n) is 4.30. The van der Waals surface area contributed by atoms with E-state index >= 15 is 0 Å². The van der Waals surface area contributed by atoms with Crippen LogP contribution in [0, 0.1) is 5.82 Å². The number of ether oxygens (including phenoxy) is 2. The summed E-state index contributed by atoms with van der Waals surface area (Å²) in [7, 11) is 0. The van der Waals surface area contributed by atoms with Crippen molar-refractivity contribution in [2.75, 3.05) is 18.5 Å². The lowest BCUT2D eigenvalue weighted by Crippen LogP contribution is -2.21. The number of halogens is 2. The Hall–Kier alpha value is -2.15. The van der Waals surface area contributed by atoms with Gasteiger partial charge in [0.15, 0.2) is 0 Å². The van der Waals surface area contributed by atoms with Crippen molar-refractivity contribution < 1.29 is 18.7 Å². The number of amides is 1. The molecule has 27 heavy (non-hydrogen) atoms. The van der Waals surface area contributed by atoms with Crippen molar-refractivity contribution in [1.29, 1.82) is 0 Å². The molecule has 0 spiro atoms. The zero-order valence-electron chi connectivity index (χ0n) is 14.9. The third-order valence-corrected chi connectivity index (χ3v) is 4.30. The Balaban J connectivity index is 0.00000261. The minimum Gasteiger partial charge on any atom is -0.489 e. The predicted octanol–water partition coefficient (Wildman–Crippen LogP) is 3.83. The number of benzene rings is 2. The summed E-state index contributed by atoms with van der Waals surface area (Å²) in [6, 6.07) is 13.0. The normalized spacial score (nSPS) is 17.0. The van der Waals surface area contributed by atoms with Crippen LogP contribution in [0.3, 0.4) is 0 Å². The highest BCUT2D eigenvalue weighted by Gasteiger charge is 2.18. The molecule has 0 saturated carbocycles. The van der Waals surface area contributed by atoms with Crippen LogP contribution in [0.25, 0.3) is 0 Å². The summed E-state index contributed by atoms with van der Waals surface area (Å²) in [5.74, 6) is -0.324. The monoisotopic (exact) mass is 394 g/mol. The lowest BCUT2D eigenvalue weighted by Gasteiger charge is -2.16. The Bertz CT molecular complexity index is 739. The van der Waals surface area contributed by atoms with Crippen LogP contribution in [0.5, 0.6) is 5.75 Å². The zero-order valence-corrected chi connectivity index (χ0v) is 15.7. The Kier molecular flexibility index (Phi) is 8.03. The second kappa shape index (κ2) is 10.3. The standard InChI is InChI=1S/C20H23FN2O3.ClH/c21-15-8-9-19(26-13-16-7-4-10-25-16)18(11-15)23-20(24)12-17(22)14-5-2-1-3-6-14;/h1-3,5-6,8-9,11,16-17H,4,7,10,12-13,22H2,(H,23,24);1H. The minimum absolute atomic E-state index is 0. The first-order chi connectivity index (χ1) is 12.6. The van der Waals surface area contributed by atoms with Crippen LogP contribution in [0.1, 0.15) is 30.9 Å². The van der Waals surface area contributed by atoms with Crippen molar-refractivity contribution in [2.45, 2.75) is 31.4 Å². The maximum atomic E-state index is 13.6. The molecule has 1 saturated heterocycles. The largest absolute Gasteiger partial charge is 0.489 e. The molecule has 0 aromatic heterocycles. The molecule has 2 aromatic rings. The van der Waals surface area contributed by atoms with Gasteiger partial charge in [0.25, 0.3) is 0 Å². The second-order valence-corrected chi connectivity index (χ2v) is 6.36. The topological polar surface area (TPSA) is 73.6 Å². The van der Waals surface area contributed by atoms with E-state index in [1.54, 1.807) is 0 Å². The molecule has 0 bridgehead atoms. The molecule has 0 radical (unpaired) electrons. The highest BCUT2D eigenvalue weighted by molar-refractivity contribution is 5.92. The van der Waals surface area contributed by atoms with Gasteiger partial charge >= 0.3 is 0 Å². The van der Waals surface area contributed by atoms with Crippen LogP contribution in [0.2, 0.25) is 0 Å². The fourth-order valence-corrected chi connectivity index (χ4v) is 2.90. The van der Waals surface area contributed by atoms with Gasteiger partial charge in [-0.1, -0.05) is 30.3 Å². The fraction of sp³-hybridized carbons (Fsp3) is 0.350. The molecule has 3 rings (SSSR count). The van der Waals surface area contributed by atoms with Crippen LogP contribution < -0.4 is 15.8 Å². The second-order valence-electron chi connectivity index (χ2n) is 6.36. The molecule has 2 atom stereocenters. The number of anilines is 1. The van der Waals surface area contributed by atoms with Gasteiger partial charge < -0.3 is 20.5 Å². The molecule has 0 aliphatic carbocycles. The van der Waals surface area contributed by atoms with E-state index in [1.165, 1.54) is 18.2 Å². The van der Waals surface area contributed by atoms with Gasteiger partial charge in [-0.15, -0.1) is 12.4 Å². The van der Waals surface area contributed by atoms with Gasteiger partial charge in [0.2, 0.25) is 5.91 Å². The summed E-state index contributed by atoms with van der Waals surface area (Å²) in [6.07, 6.45) is 2.08. The molecule has 1 aliphatic rings. The van der Waals surface area contributed by atoms with Crippen LogP contribution in [-0.4, -0.2) is 25.2 Å². The summed E-state index contributed by atoms with van der Waals surface area (Å²) in [5.41, 5.74) is 7.25. The van der Waals surface area contributed by atoms with Crippen molar-refractivity contribution in [3.8, 4) is 5.75 Å². The van der Waals surface area contributed by atoms with E-state index < -0.39 is 11.9 Å². The number of hydrogen-bond acceptors (Lipinski definition) is 4. The van der Waals surface area contributed by atoms with E-state index in [-0.39, 0.29) is 30.8 Å². The maximum Gasteiger partial charge on any atom is 0.226 e. The van der Waals surface area contributed by atoms with Crippen molar-refractivity contribution in [1.82, 2.24) is 0 Å². The highest BCUT2D eigenvalue weighted by atomic mass is 35.5. The zero-order chi connectivity index (χ0) is 18.4. The van der Waals surface area contributed by atoms with Gasteiger partial charge in [-0.05, 0) is 30.5 Å². The maximum absolute atomic E-state index is 13.6. The lowest BCUT2D eigenvalue weighted by atomic mass is 10.0. The average molecular weight is 395 g/mol. The van der Waals surface area contributed by atoms with Gasteiger partial charge in [-0.2, -0.15) is 0 Å². The number of rotatable bonds is 7. The number of hydrogen-bond donors (Lipinski definition) is 2. The third kappa shape index (κ3) is 6.20. The minimum atomic E-state index is -0.447. The molecule has 1 amide bonds. The SMILES string of the molecule is Cl.NC(CC(=O)Nc1cc(F)ccc1OCC1CCCO1)c1ccccc1. The van der Waals surface area contributed by atoms with Gasteiger partial charge in [0.1, 0.15) is 18.2 Å². The van der Waals surface area contributed by atoms with Crippen molar-refractivity contribution in [3.63, 3.8) is 0 Å².